The predicted octanol–water partition coefficient (Wildman–Crippen LogP) is 14.7. The summed E-state index contributed by atoms with van der Waals surface area (Å²) in [5.74, 6) is 0.730. The molecule has 8 aromatic carbocycles. The summed E-state index contributed by atoms with van der Waals surface area (Å²) in [7, 11) is 0. The first-order chi connectivity index (χ1) is 28.2. The van der Waals surface area contributed by atoms with E-state index in [1.165, 1.54) is 79.3 Å². The molecule has 0 fully saturated rings. The van der Waals surface area contributed by atoms with E-state index >= 15 is 0 Å². The molecule has 1 aliphatic rings. The number of fused-ring (bicyclic) bond motifs is 6. The average molecular weight is 877 g/mol. The SMILES string of the molecule is C=I1=C(c2cccc3sc4cccc(-c5ccccc5)c4c23)N=C(c2ccc(-c3cccc4c3sc3ccccc34)cc2)N=C1c1cccc(-c2ccccc2)c1. The number of aliphatic imine (C=N–C) groups is 2. The van der Waals surface area contributed by atoms with Crippen molar-refractivity contribution in [3.05, 3.63) is 205 Å². The molecule has 11 rings (SSSR count). The minimum absolute atomic E-state index is 0.730. The Kier molecular flexibility index (Phi) is 8.53. The van der Waals surface area contributed by atoms with Gasteiger partial charge in [-0.05, 0) is 57.6 Å². The lowest BCUT2D eigenvalue weighted by Gasteiger charge is -2.18. The van der Waals surface area contributed by atoms with Crippen molar-refractivity contribution < 1.29 is 0 Å². The molecule has 0 unspecified atom stereocenters. The molecule has 0 N–H and O–H groups in total. The van der Waals surface area contributed by atoms with E-state index < -0.39 is 18.9 Å². The van der Waals surface area contributed by atoms with E-state index in [2.05, 4.69) is 188 Å². The van der Waals surface area contributed by atoms with Crippen LogP contribution in [0.3, 0.4) is 0 Å². The molecule has 2 nitrogen and oxygen atoms in total. The number of halogens is 1. The van der Waals surface area contributed by atoms with Gasteiger partial charge in [0.1, 0.15) is 7.35 Å². The fourth-order valence-electron chi connectivity index (χ4n) is 8.03. The van der Waals surface area contributed by atoms with Crippen molar-refractivity contribution in [2.45, 2.75) is 0 Å². The molecule has 0 atom stereocenters. The van der Waals surface area contributed by atoms with E-state index in [4.69, 9.17) is 14.5 Å². The quantitative estimate of drug-likeness (QED) is 0.149. The molecule has 270 valence electrons. The average Bonchev–Trinajstić information content (AvgIpc) is 3.86. The van der Waals surface area contributed by atoms with Crippen molar-refractivity contribution >= 4 is 99.6 Å². The van der Waals surface area contributed by atoms with E-state index in [0.717, 1.165) is 24.3 Å². The zero-order chi connectivity index (χ0) is 37.9. The second kappa shape index (κ2) is 14.2. The van der Waals surface area contributed by atoms with Crippen LogP contribution in [0.15, 0.2) is 198 Å². The first-order valence-corrected chi connectivity index (χ1v) is 24.2. The van der Waals surface area contributed by atoms with Crippen LogP contribution in [0.2, 0.25) is 0 Å². The van der Waals surface area contributed by atoms with Gasteiger partial charge in [-0.1, -0.05) is 187 Å². The van der Waals surface area contributed by atoms with Gasteiger partial charge >= 0.3 is 0 Å². The Labute approximate surface area is 345 Å². The third-order valence-electron chi connectivity index (χ3n) is 10.7. The standard InChI is InChI=1S/C52H33IN2S2/c1-53-50(38-19-10-18-37(32-38)33-14-4-2-5-15-33)54-52(36-30-28-35(29-31-36)40-22-11-23-42-41-20-8-9-25-44(41)57-49(40)42)55-51(53)43-24-13-27-46-48(43)47-39(21-12-26-45(47)56-46)34-16-6-3-7-17-34/h2-32H,1H2. The van der Waals surface area contributed by atoms with Crippen molar-refractivity contribution in [1.82, 2.24) is 0 Å². The number of rotatable bonds is 6. The molecule has 3 heterocycles. The molecular weight excluding hydrogens is 844 g/mol. The fourth-order valence-corrected chi connectivity index (χ4v) is 14.2. The normalized spacial score (nSPS) is 13.4. The van der Waals surface area contributed by atoms with Crippen LogP contribution in [-0.4, -0.2) is 17.7 Å². The summed E-state index contributed by atoms with van der Waals surface area (Å²) in [6.45, 7) is 0. The predicted molar refractivity (Wildman–Crippen MR) is 260 cm³/mol. The molecule has 0 saturated carbocycles. The molecule has 0 spiro atoms. The van der Waals surface area contributed by atoms with Crippen LogP contribution in [0.25, 0.3) is 73.7 Å². The summed E-state index contributed by atoms with van der Waals surface area (Å²) in [5, 5.41) is 5.15. The van der Waals surface area contributed by atoms with Crippen LogP contribution in [0.1, 0.15) is 16.7 Å². The van der Waals surface area contributed by atoms with Crippen LogP contribution in [0, 0.1) is 0 Å². The lowest BCUT2D eigenvalue weighted by atomic mass is 9.97. The number of hydrogen-bond acceptors (Lipinski definition) is 4. The van der Waals surface area contributed by atoms with Gasteiger partial charge in [-0.2, -0.15) is 0 Å². The molecule has 0 amide bonds. The van der Waals surface area contributed by atoms with E-state index in [1.807, 2.05) is 22.7 Å². The van der Waals surface area contributed by atoms with Gasteiger partial charge in [0.15, 0.2) is 5.84 Å². The number of amidine groups is 1. The molecular formula is C52H33IN2S2. The molecule has 1 aliphatic heterocycles. The summed E-state index contributed by atoms with van der Waals surface area (Å²) in [4.78, 5) is 11.0. The highest BCUT2D eigenvalue weighted by Gasteiger charge is 2.22. The van der Waals surface area contributed by atoms with Gasteiger partial charge < -0.3 is 0 Å². The minimum atomic E-state index is -2.41. The first-order valence-electron chi connectivity index (χ1n) is 18.9. The van der Waals surface area contributed by atoms with E-state index in [0.29, 0.717) is 0 Å². The summed E-state index contributed by atoms with van der Waals surface area (Å²) in [5.41, 5.74) is 10.5. The second-order valence-corrected chi connectivity index (χ2v) is 20.4. The number of hydrogen-bond donors (Lipinski definition) is 0. The summed E-state index contributed by atoms with van der Waals surface area (Å²) >= 11 is 1.30. The highest BCUT2D eigenvalue weighted by molar-refractivity contribution is 14.2. The van der Waals surface area contributed by atoms with E-state index in [1.54, 1.807) is 0 Å². The monoisotopic (exact) mass is 876 g/mol. The van der Waals surface area contributed by atoms with Gasteiger partial charge in [0.2, 0.25) is 0 Å². The molecule has 0 radical (unpaired) electrons. The van der Waals surface area contributed by atoms with E-state index in [-0.39, 0.29) is 0 Å². The molecule has 57 heavy (non-hydrogen) atoms. The zero-order valence-corrected chi connectivity index (χ0v) is 34.5. The number of thiophene rings is 2. The first kappa shape index (κ1) is 34.3. The van der Waals surface area contributed by atoms with Gasteiger partial charge in [-0.25, -0.2) is 9.98 Å². The van der Waals surface area contributed by atoms with Gasteiger partial charge in [-0.3, -0.25) is 0 Å². The lowest BCUT2D eigenvalue weighted by Crippen LogP contribution is -2.13. The van der Waals surface area contributed by atoms with E-state index in [9.17, 15) is 0 Å². The molecule has 0 saturated heterocycles. The Balaban J connectivity index is 1.10. The zero-order valence-electron chi connectivity index (χ0n) is 30.7. The van der Waals surface area contributed by atoms with Crippen molar-refractivity contribution in [2.75, 3.05) is 0 Å². The maximum atomic E-state index is 5.54. The maximum absolute atomic E-state index is 5.54. The van der Waals surface area contributed by atoms with Crippen molar-refractivity contribution in [1.29, 1.82) is 0 Å². The molecule has 0 bridgehead atoms. The summed E-state index contributed by atoms with van der Waals surface area (Å²) in [6.07, 6.45) is 0. The Morgan fingerprint density at radius 2 is 0.930 bits per heavy atom. The Morgan fingerprint density at radius 3 is 1.72 bits per heavy atom. The minimum Gasteiger partial charge on any atom is -0.222 e. The van der Waals surface area contributed by atoms with Gasteiger partial charge in [0.25, 0.3) is 0 Å². The molecule has 0 aliphatic carbocycles. The third-order valence-corrected chi connectivity index (χ3v) is 17.2. The Morgan fingerprint density at radius 1 is 0.386 bits per heavy atom. The maximum Gasteiger partial charge on any atom is 0.161 e. The third kappa shape index (κ3) is 5.97. The smallest absolute Gasteiger partial charge is 0.161 e. The number of benzene rings is 8. The van der Waals surface area contributed by atoms with Crippen molar-refractivity contribution in [3.63, 3.8) is 0 Å². The van der Waals surface area contributed by atoms with Gasteiger partial charge in [0, 0.05) is 57.0 Å². The van der Waals surface area contributed by atoms with Crippen molar-refractivity contribution in [2.24, 2.45) is 9.98 Å². The molecule has 10 aromatic rings. The van der Waals surface area contributed by atoms with Crippen molar-refractivity contribution in [3.8, 4) is 33.4 Å². The number of nitrogens with zero attached hydrogens (tertiary/aromatic N) is 2. The highest BCUT2D eigenvalue weighted by Crippen LogP contribution is 2.44. The summed E-state index contributed by atoms with van der Waals surface area (Å²) in [6, 6.07) is 67.7. The second-order valence-electron chi connectivity index (χ2n) is 14.1. The van der Waals surface area contributed by atoms with Crippen LogP contribution in [-0.2, 0) is 0 Å². The van der Waals surface area contributed by atoms with Crippen LogP contribution in [0.4, 0.5) is 0 Å². The van der Waals surface area contributed by atoms with Crippen LogP contribution >= 0.6 is 41.5 Å². The van der Waals surface area contributed by atoms with Gasteiger partial charge in [-0.15, -0.1) is 22.7 Å². The Hall–Kier alpha value is -5.99. The topological polar surface area (TPSA) is 24.7 Å². The highest BCUT2D eigenvalue weighted by atomic mass is 127. The Bertz CT molecular complexity index is 3350. The fraction of sp³-hybridized carbons (Fsp3) is 0. The molecule has 2 aromatic heterocycles. The molecule has 5 heteroatoms. The van der Waals surface area contributed by atoms with Gasteiger partial charge in [0.05, 0.1) is 0 Å². The largest absolute Gasteiger partial charge is 0.222 e. The summed E-state index contributed by atoms with van der Waals surface area (Å²) < 4.78 is 12.3. The van der Waals surface area contributed by atoms with Crippen LogP contribution < -0.4 is 0 Å². The lowest BCUT2D eigenvalue weighted by molar-refractivity contribution is 1.51. The van der Waals surface area contributed by atoms with Crippen LogP contribution in [0.5, 0.6) is 0 Å².